The second-order valence-corrected chi connectivity index (χ2v) is 4.86. The highest BCUT2D eigenvalue weighted by Gasteiger charge is 2.19. The van der Waals surface area contributed by atoms with Crippen molar-refractivity contribution in [3.8, 4) is 0 Å². The standard InChI is InChI=1S/C14H22N2O3/c1-14(18,7-8-19-2)10-16-9-11-5-3-4-6-12(11)13(15)17/h3-6,16,18H,7-10H2,1-2H3,(H2,15,17). The highest BCUT2D eigenvalue weighted by Crippen LogP contribution is 2.10. The molecule has 1 aromatic rings. The molecule has 0 bridgehead atoms. The molecule has 1 atom stereocenters. The second-order valence-electron chi connectivity index (χ2n) is 4.86. The number of methoxy groups -OCH3 is 1. The average Bonchev–Trinajstić information content (AvgIpc) is 2.36. The molecule has 5 nitrogen and oxygen atoms in total. The molecular formula is C14H22N2O3. The van der Waals surface area contributed by atoms with Crippen molar-refractivity contribution in [1.29, 1.82) is 0 Å². The summed E-state index contributed by atoms with van der Waals surface area (Å²) in [6, 6.07) is 7.17. The number of rotatable bonds is 8. The first kappa shape index (κ1) is 15.6. The van der Waals surface area contributed by atoms with Crippen molar-refractivity contribution in [3.63, 3.8) is 0 Å². The lowest BCUT2D eigenvalue weighted by molar-refractivity contribution is 0.0247. The molecule has 1 unspecified atom stereocenters. The molecule has 0 heterocycles. The van der Waals surface area contributed by atoms with Crippen molar-refractivity contribution in [2.24, 2.45) is 5.73 Å². The van der Waals surface area contributed by atoms with E-state index >= 15 is 0 Å². The summed E-state index contributed by atoms with van der Waals surface area (Å²) in [5.41, 5.74) is 5.81. The van der Waals surface area contributed by atoms with Gasteiger partial charge in [0.05, 0.1) is 5.60 Å². The van der Waals surface area contributed by atoms with E-state index in [1.54, 1.807) is 26.2 Å². The van der Waals surface area contributed by atoms with Gasteiger partial charge in [0.25, 0.3) is 0 Å². The van der Waals surface area contributed by atoms with E-state index in [1.807, 2.05) is 12.1 Å². The third kappa shape index (κ3) is 5.38. The van der Waals surface area contributed by atoms with E-state index in [1.165, 1.54) is 0 Å². The number of nitrogens with one attached hydrogen (secondary N) is 1. The topological polar surface area (TPSA) is 84.6 Å². The van der Waals surface area contributed by atoms with Gasteiger partial charge < -0.3 is 20.9 Å². The fourth-order valence-corrected chi connectivity index (χ4v) is 1.79. The number of carbonyl (C=O) groups excluding carboxylic acids is 1. The first-order chi connectivity index (χ1) is 8.96. The lowest BCUT2D eigenvalue weighted by Gasteiger charge is -2.23. The molecule has 4 N–H and O–H groups in total. The Labute approximate surface area is 113 Å². The number of primary amides is 1. The van der Waals surface area contributed by atoms with Crippen LogP contribution in [0.4, 0.5) is 0 Å². The first-order valence-electron chi connectivity index (χ1n) is 6.26. The van der Waals surface area contributed by atoms with Crippen LogP contribution in [0.1, 0.15) is 29.3 Å². The summed E-state index contributed by atoms with van der Waals surface area (Å²) in [4.78, 5) is 11.3. The molecule has 19 heavy (non-hydrogen) atoms. The molecule has 1 rings (SSSR count). The predicted molar refractivity (Wildman–Crippen MR) is 73.8 cm³/mol. The summed E-state index contributed by atoms with van der Waals surface area (Å²) < 4.78 is 4.94. The maximum Gasteiger partial charge on any atom is 0.249 e. The fourth-order valence-electron chi connectivity index (χ4n) is 1.79. The molecule has 0 aliphatic carbocycles. The third-order valence-electron chi connectivity index (χ3n) is 2.95. The number of carbonyl (C=O) groups is 1. The summed E-state index contributed by atoms with van der Waals surface area (Å²) in [6.07, 6.45) is 0.550. The van der Waals surface area contributed by atoms with Gasteiger partial charge in [0, 0.05) is 38.8 Å². The minimum Gasteiger partial charge on any atom is -0.389 e. The molecule has 106 valence electrons. The zero-order valence-corrected chi connectivity index (χ0v) is 11.5. The maximum atomic E-state index is 11.3. The third-order valence-corrected chi connectivity index (χ3v) is 2.95. The number of benzene rings is 1. The molecule has 0 radical (unpaired) electrons. The fraction of sp³-hybridized carbons (Fsp3) is 0.500. The van der Waals surface area contributed by atoms with E-state index in [4.69, 9.17) is 10.5 Å². The minimum absolute atomic E-state index is 0.420. The van der Waals surface area contributed by atoms with Gasteiger partial charge in [0.2, 0.25) is 5.91 Å². The largest absolute Gasteiger partial charge is 0.389 e. The van der Waals surface area contributed by atoms with E-state index in [9.17, 15) is 9.90 Å². The van der Waals surface area contributed by atoms with Gasteiger partial charge in [0.15, 0.2) is 0 Å². The van der Waals surface area contributed by atoms with E-state index in [0.29, 0.717) is 31.7 Å². The Balaban J connectivity index is 2.51. The maximum absolute atomic E-state index is 11.3. The Morgan fingerprint density at radius 2 is 2.16 bits per heavy atom. The van der Waals surface area contributed by atoms with Crippen LogP contribution in [0.3, 0.4) is 0 Å². The zero-order chi connectivity index (χ0) is 14.3. The SMILES string of the molecule is COCCC(C)(O)CNCc1ccccc1C(N)=O. The minimum atomic E-state index is -0.836. The Morgan fingerprint density at radius 3 is 2.79 bits per heavy atom. The van der Waals surface area contributed by atoms with Crippen LogP contribution in [0.15, 0.2) is 24.3 Å². The Hall–Kier alpha value is -1.43. The van der Waals surface area contributed by atoms with Gasteiger partial charge in [-0.15, -0.1) is 0 Å². The summed E-state index contributed by atoms with van der Waals surface area (Å²) in [7, 11) is 1.60. The molecule has 0 saturated carbocycles. The molecule has 0 saturated heterocycles. The highest BCUT2D eigenvalue weighted by molar-refractivity contribution is 5.94. The van der Waals surface area contributed by atoms with Crippen LogP contribution in [0.25, 0.3) is 0 Å². The Kier molecular flexibility index (Phi) is 5.95. The quantitative estimate of drug-likeness (QED) is 0.645. The second kappa shape index (κ2) is 7.23. The van der Waals surface area contributed by atoms with Gasteiger partial charge in [-0.3, -0.25) is 4.79 Å². The van der Waals surface area contributed by atoms with Crippen LogP contribution in [0, 0.1) is 0 Å². The van der Waals surface area contributed by atoms with Crippen LogP contribution >= 0.6 is 0 Å². The van der Waals surface area contributed by atoms with Crippen LogP contribution in [0.2, 0.25) is 0 Å². The Bertz CT molecular complexity index is 419. The van der Waals surface area contributed by atoms with Gasteiger partial charge >= 0.3 is 0 Å². The van der Waals surface area contributed by atoms with Gasteiger partial charge in [-0.25, -0.2) is 0 Å². The van der Waals surface area contributed by atoms with Crippen molar-refractivity contribution in [1.82, 2.24) is 5.32 Å². The van der Waals surface area contributed by atoms with E-state index in [-0.39, 0.29) is 0 Å². The van der Waals surface area contributed by atoms with Crippen molar-refractivity contribution in [3.05, 3.63) is 35.4 Å². The summed E-state index contributed by atoms with van der Waals surface area (Å²) in [5.74, 6) is -0.441. The van der Waals surface area contributed by atoms with Crippen LogP contribution in [-0.4, -0.2) is 36.9 Å². The van der Waals surface area contributed by atoms with Crippen molar-refractivity contribution in [2.45, 2.75) is 25.5 Å². The normalized spacial score (nSPS) is 14.1. The smallest absolute Gasteiger partial charge is 0.249 e. The first-order valence-corrected chi connectivity index (χ1v) is 6.26. The average molecular weight is 266 g/mol. The molecular weight excluding hydrogens is 244 g/mol. The molecule has 0 spiro atoms. The zero-order valence-electron chi connectivity index (χ0n) is 11.5. The van der Waals surface area contributed by atoms with Crippen molar-refractivity contribution in [2.75, 3.05) is 20.3 Å². The van der Waals surface area contributed by atoms with E-state index < -0.39 is 11.5 Å². The number of aliphatic hydroxyl groups is 1. The van der Waals surface area contributed by atoms with Gasteiger partial charge in [-0.2, -0.15) is 0 Å². The van der Waals surface area contributed by atoms with Crippen molar-refractivity contribution >= 4 is 5.91 Å². The summed E-state index contributed by atoms with van der Waals surface area (Å²) in [5, 5.41) is 13.2. The van der Waals surface area contributed by atoms with Crippen LogP contribution in [0.5, 0.6) is 0 Å². The van der Waals surface area contributed by atoms with Crippen LogP contribution < -0.4 is 11.1 Å². The van der Waals surface area contributed by atoms with Gasteiger partial charge in [-0.05, 0) is 18.6 Å². The molecule has 1 aromatic carbocycles. The van der Waals surface area contributed by atoms with Gasteiger partial charge in [0.1, 0.15) is 0 Å². The summed E-state index contributed by atoms with van der Waals surface area (Å²) in [6.45, 7) is 3.16. The van der Waals surface area contributed by atoms with E-state index in [0.717, 1.165) is 5.56 Å². The number of amides is 1. The summed E-state index contributed by atoms with van der Waals surface area (Å²) >= 11 is 0. The predicted octanol–water partition coefficient (Wildman–Crippen LogP) is 0.663. The number of hydrogen-bond acceptors (Lipinski definition) is 4. The molecule has 5 heteroatoms. The molecule has 0 aliphatic rings. The monoisotopic (exact) mass is 266 g/mol. The molecule has 0 aliphatic heterocycles. The number of hydrogen-bond donors (Lipinski definition) is 3. The lowest BCUT2D eigenvalue weighted by Crippen LogP contribution is -2.38. The highest BCUT2D eigenvalue weighted by atomic mass is 16.5. The lowest BCUT2D eigenvalue weighted by atomic mass is 10.0. The molecule has 1 amide bonds. The van der Waals surface area contributed by atoms with Crippen LogP contribution in [-0.2, 0) is 11.3 Å². The van der Waals surface area contributed by atoms with Crippen molar-refractivity contribution < 1.29 is 14.6 Å². The molecule has 0 aromatic heterocycles. The van der Waals surface area contributed by atoms with Gasteiger partial charge in [-0.1, -0.05) is 18.2 Å². The number of ether oxygens (including phenoxy) is 1. The number of nitrogens with two attached hydrogens (primary N) is 1. The molecule has 0 fully saturated rings. The Morgan fingerprint density at radius 1 is 1.47 bits per heavy atom. The van der Waals surface area contributed by atoms with E-state index in [2.05, 4.69) is 5.32 Å².